The van der Waals surface area contributed by atoms with E-state index in [2.05, 4.69) is 41.0 Å². The summed E-state index contributed by atoms with van der Waals surface area (Å²) in [5.74, 6) is -2.02. The maximum atomic E-state index is 14.4. The minimum Gasteiger partial charge on any atom is -0.337 e. The molecule has 5 atom stereocenters. The lowest BCUT2D eigenvalue weighted by atomic mass is 10.0. The van der Waals surface area contributed by atoms with Crippen LogP contribution in [0.2, 0.25) is 0 Å². The van der Waals surface area contributed by atoms with Gasteiger partial charge in [-0.2, -0.15) is 50.6 Å². The molecular weight excluding hydrogens is 1950 g/mol. The van der Waals surface area contributed by atoms with Gasteiger partial charge in [0.15, 0.2) is 0 Å². The van der Waals surface area contributed by atoms with E-state index in [4.69, 9.17) is 33.8 Å². The first kappa shape index (κ1) is 109. The van der Waals surface area contributed by atoms with Crippen LogP contribution in [0.25, 0.3) is 0 Å². The Balaban J connectivity index is 0.000000152. The van der Waals surface area contributed by atoms with E-state index in [0.29, 0.717) is 145 Å². The Kier molecular flexibility index (Phi) is 38.3. The van der Waals surface area contributed by atoms with Gasteiger partial charge in [-0.05, 0) is 223 Å². The van der Waals surface area contributed by atoms with E-state index in [9.17, 15) is 50.3 Å². The fourth-order valence-corrected chi connectivity index (χ4v) is 23.3. The molecule has 10 amide bonds. The molecular formula is C107H114F6N22O5S5. The van der Waals surface area contributed by atoms with Crippen molar-refractivity contribution < 1.29 is 50.3 Å². The van der Waals surface area contributed by atoms with Gasteiger partial charge in [0.2, 0.25) is 0 Å². The second kappa shape index (κ2) is 51.2. The van der Waals surface area contributed by atoms with Crippen LogP contribution in [0, 0.1) is 34.9 Å². The Morgan fingerprint density at radius 3 is 0.952 bits per heavy atom. The van der Waals surface area contributed by atoms with E-state index in [1.165, 1.54) is 147 Å². The van der Waals surface area contributed by atoms with Gasteiger partial charge >= 0.3 is 30.2 Å². The highest BCUT2D eigenvalue weighted by molar-refractivity contribution is 8.16. The number of amides is 10. The number of carbonyl (C=O) groups is 5. The molecule has 10 aromatic carbocycles. The largest absolute Gasteiger partial charge is 0.347 e. The lowest BCUT2D eigenvalue weighted by Gasteiger charge is -2.37. The zero-order valence-corrected chi connectivity index (χ0v) is 84.9. The van der Waals surface area contributed by atoms with E-state index in [1.807, 2.05) is 165 Å². The number of pyridine rings is 2. The van der Waals surface area contributed by atoms with Crippen molar-refractivity contribution in [2.75, 3.05) is 84.7 Å². The lowest BCUT2D eigenvalue weighted by molar-refractivity contribution is 0.138. The molecule has 0 fully saturated rings. The molecule has 0 radical (unpaired) electrons. The normalized spacial score (nSPS) is 18.5. The summed E-state index contributed by atoms with van der Waals surface area (Å²) < 4.78 is 83.5. The molecule has 27 nitrogen and oxygen atoms in total. The summed E-state index contributed by atoms with van der Waals surface area (Å²) in [5, 5.41) is 38.7. The van der Waals surface area contributed by atoms with Gasteiger partial charge in [-0.1, -0.05) is 265 Å². The Labute approximate surface area is 861 Å². The molecule has 0 saturated heterocycles. The average molecular weight is 2060 g/mol. The third-order valence-electron chi connectivity index (χ3n) is 23.4. The van der Waals surface area contributed by atoms with Gasteiger partial charge < -0.3 is 49.1 Å². The van der Waals surface area contributed by atoms with Crippen LogP contribution in [0.3, 0.4) is 0 Å². The number of benzene rings is 10. The minimum atomic E-state index is -0.893. The topological polar surface area (TPSA) is 353 Å². The molecule has 145 heavy (non-hydrogen) atoms. The highest BCUT2D eigenvalue weighted by Gasteiger charge is 2.55. The standard InChI is InChI=1S/C24H24FN5OS.C23H22FN5OS.C20H22F2N4OS.2C20H23FN4OS/c1-29(21-13-5-6-16-27-21)23(31)30-24(14-8-15-26,19-10-3-2-4-11-19)32-22(28-30)18-9-7-12-20(25)17-18;24-19-10-4-7-17(15-19)21-28-29(22(30)27-20-11-5-14-26-16-20)23(31-21,12-6-13-25)18-8-2-1-3-9-18;1-25(2)19(27)26-20(11-6-12-23,14-7-4-3-5-8-14)28-18(24-26)16-13-15(21)9-10-17(16)22;1-24(2)19(26)25-20(12-7-13-22,16-9-4-3-5-10-16)27-18(23-25)15-8-6-11-17(21)14-15;1-2-23-19(26)25-20(12-7-13-22,16-9-4-3-5-10-16)27-18(24-25)15-8-6-11-17(21)14-15/h2-7,9-13,16-17H,8,14-15,26H2,1H3;1-5,7-11,14-16H,6,12-13,25H2,(H,27,30);3-5,7-10,13H,6,11-12,23H2,1-2H3;3-6,8-11,14H,7,12-13,22H2,1-2H3;3-6,8-11,14H,2,7,12-13,22H2,1H3,(H,23,26). The fourth-order valence-electron chi connectivity index (χ4n) is 16.3. The monoisotopic (exact) mass is 2060 g/mol. The SMILES string of the molecule is CCNC(=O)N1N=C(c2cccc(F)c2)SC1(CCCN)c1ccccc1.CN(C(=O)N1N=C(c2cccc(F)c2)SC1(CCCN)c1ccccc1)c1ccccn1.CN(C)C(=O)N1N=C(c2cc(F)ccc2F)SC1(CCCN)c1ccccc1.CN(C)C(=O)N1N=C(c2cccc(F)c2)SC1(CCCN)c1ccccc1.NCCCC1(c2ccccc2)SC(c2cccc(F)c2)=NN1C(=O)Nc1cccnc1. The summed E-state index contributed by atoms with van der Waals surface area (Å²) in [6.07, 6.45) is 11.3. The quantitative estimate of drug-likeness (QED) is 0.0224. The molecule has 754 valence electrons. The van der Waals surface area contributed by atoms with E-state index in [0.717, 1.165) is 58.9 Å². The molecule has 5 unspecified atom stereocenters. The van der Waals surface area contributed by atoms with Crippen LogP contribution in [0.5, 0.6) is 0 Å². The smallest absolute Gasteiger partial charge is 0.337 e. The average Bonchev–Trinajstić information content (AvgIpc) is 1.60. The van der Waals surface area contributed by atoms with Crippen LogP contribution in [-0.2, 0) is 24.4 Å². The van der Waals surface area contributed by atoms with E-state index in [1.54, 1.807) is 127 Å². The van der Waals surface area contributed by atoms with Crippen LogP contribution in [-0.4, -0.2) is 175 Å². The predicted octanol–water partition coefficient (Wildman–Crippen LogP) is 21.2. The van der Waals surface area contributed by atoms with Gasteiger partial charge in [-0.3, -0.25) is 9.88 Å². The summed E-state index contributed by atoms with van der Waals surface area (Å²) >= 11 is 7.07. The molecule has 5 aliphatic rings. The van der Waals surface area contributed by atoms with Crippen LogP contribution in [0.1, 0.15) is 127 Å². The number of hydrogen-bond donors (Lipinski definition) is 7. The Bertz CT molecular complexity index is 6560. The number of aromatic nitrogens is 2. The van der Waals surface area contributed by atoms with Gasteiger partial charge in [0.05, 0.1) is 11.9 Å². The summed E-state index contributed by atoms with van der Waals surface area (Å²) in [4.78, 5) is 74.6. The van der Waals surface area contributed by atoms with Gasteiger partial charge in [0.1, 0.15) is 90.3 Å². The van der Waals surface area contributed by atoms with Crippen LogP contribution >= 0.6 is 58.8 Å². The molecule has 7 heterocycles. The Morgan fingerprint density at radius 2 is 0.641 bits per heavy atom. The number of nitrogens with one attached hydrogen (secondary N) is 2. The highest BCUT2D eigenvalue weighted by Crippen LogP contribution is 2.57. The maximum Gasteiger partial charge on any atom is 0.347 e. The first-order valence-electron chi connectivity index (χ1n) is 46.9. The number of halogens is 6. The number of nitrogens with two attached hydrogens (primary N) is 5. The molecule has 5 aliphatic heterocycles. The van der Waals surface area contributed by atoms with Crippen molar-refractivity contribution in [3.63, 3.8) is 0 Å². The molecule has 2 aromatic heterocycles. The summed E-state index contributed by atoms with van der Waals surface area (Å²) in [6, 6.07) is 84.1. The number of rotatable bonds is 28. The number of hydrazone groups is 5. The van der Waals surface area contributed by atoms with Crippen molar-refractivity contribution in [3.05, 3.63) is 406 Å². The van der Waals surface area contributed by atoms with Crippen LogP contribution < -0.4 is 44.2 Å². The van der Waals surface area contributed by atoms with E-state index in [-0.39, 0.29) is 58.0 Å². The Hall–Kier alpha value is -13.7. The molecule has 12 N–H and O–H groups in total. The zero-order valence-electron chi connectivity index (χ0n) is 80.8. The summed E-state index contributed by atoms with van der Waals surface area (Å²) in [6.45, 7) is 4.75. The molecule has 12 aromatic rings. The van der Waals surface area contributed by atoms with Gasteiger partial charge in [0.25, 0.3) is 0 Å². The molecule has 0 spiro atoms. The van der Waals surface area contributed by atoms with Gasteiger partial charge in [-0.25, -0.2) is 55.3 Å². The molecule has 0 saturated carbocycles. The third kappa shape index (κ3) is 25.8. The molecule has 0 aliphatic carbocycles. The second-order valence-corrected chi connectivity index (χ2v) is 40.2. The fraction of sp³-hybridized carbons (Fsp3) is 0.252. The van der Waals surface area contributed by atoms with E-state index >= 15 is 0 Å². The predicted molar refractivity (Wildman–Crippen MR) is 572 cm³/mol. The van der Waals surface area contributed by atoms with Crippen LogP contribution in [0.4, 0.5) is 61.8 Å². The maximum absolute atomic E-state index is 14.4. The van der Waals surface area contributed by atoms with Gasteiger partial charge in [0, 0.05) is 82.0 Å². The number of thioether (sulfide) groups is 5. The number of nitrogens with zero attached hydrogens (tertiary/aromatic N) is 15. The van der Waals surface area contributed by atoms with Crippen molar-refractivity contribution in [1.82, 2.24) is 50.1 Å². The van der Waals surface area contributed by atoms with Gasteiger partial charge in [-0.15, -0.1) is 0 Å². The van der Waals surface area contributed by atoms with Crippen molar-refractivity contribution in [2.24, 2.45) is 54.2 Å². The lowest BCUT2D eigenvalue weighted by Crippen LogP contribution is -2.47. The van der Waals surface area contributed by atoms with E-state index < -0.39 is 42.0 Å². The third-order valence-corrected chi connectivity index (χ3v) is 30.7. The molecule has 17 rings (SSSR count). The number of hydrogen-bond acceptors (Lipinski definition) is 22. The van der Waals surface area contributed by atoms with Crippen molar-refractivity contribution in [2.45, 2.75) is 95.5 Å². The van der Waals surface area contributed by atoms with Crippen LogP contribution in [0.15, 0.2) is 341 Å². The first-order chi connectivity index (χ1) is 70.1. The van der Waals surface area contributed by atoms with Crippen molar-refractivity contribution in [3.8, 4) is 0 Å². The number of carbonyl (C=O) groups excluding carboxylic acids is 5. The summed E-state index contributed by atoms with van der Waals surface area (Å²) in [5.41, 5.74) is 36.8. The highest BCUT2D eigenvalue weighted by atomic mass is 32.2. The molecule has 38 heteroatoms. The first-order valence-corrected chi connectivity index (χ1v) is 51.0. The Morgan fingerprint density at radius 1 is 0.331 bits per heavy atom. The number of anilines is 2. The molecule has 0 bridgehead atoms. The minimum absolute atomic E-state index is 0.0344. The second-order valence-electron chi connectivity index (χ2n) is 33.9. The number of urea groups is 5. The zero-order chi connectivity index (χ0) is 103. The van der Waals surface area contributed by atoms with Crippen molar-refractivity contribution >= 4 is 126 Å². The summed E-state index contributed by atoms with van der Waals surface area (Å²) in [7, 11) is 8.32. The van der Waals surface area contributed by atoms with Crippen molar-refractivity contribution in [1.29, 1.82) is 0 Å².